The summed E-state index contributed by atoms with van der Waals surface area (Å²) in [6, 6.07) is 7.65. The lowest BCUT2D eigenvalue weighted by molar-refractivity contribution is -0.120. The molecule has 1 saturated carbocycles. The summed E-state index contributed by atoms with van der Waals surface area (Å²) in [6.45, 7) is 0. The van der Waals surface area contributed by atoms with Gasteiger partial charge in [0.25, 0.3) is 0 Å². The number of amides is 1. The van der Waals surface area contributed by atoms with E-state index in [1.54, 1.807) is 0 Å². The van der Waals surface area contributed by atoms with Crippen molar-refractivity contribution in [1.82, 2.24) is 10.3 Å². The fraction of sp³-hybridized carbons (Fsp3) is 0.250. The Morgan fingerprint density at radius 2 is 2.15 bits per heavy atom. The summed E-state index contributed by atoms with van der Waals surface area (Å²) >= 11 is 13.0. The van der Waals surface area contributed by atoms with Gasteiger partial charge >= 0.3 is 0 Å². The predicted molar refractivity (Wildman–Crippen MR) is 81.7 cm³/mol. The number of nitrogens with one attached hydrogen (secondary N) is 3. The quantitative estimate of drug-likeness (QED) is 0.450. The standard InChI is InChI=1S/C12H10Cl2N4OS/c13-12(14)5-6(12)9(19)17-10(15)18-11-16-7-3-1-2-4-8(7)20-11/h1-4,6H,5H2,(H3,15,16,17,18,19). The third-order valence-electron chi connectivity index (χ3n) is 2.92. The Morgan fingerprint density at radius 3 is 2.80 bits per heavy atom. The van der Waals surface area contributed by atoms with Gasteiger partial charge in [0.15, 0.2) is 5.13 Å². The number of benzene rings is 1. The normalized spacial score (nSPS) is 19.6. The van der Waals surface area contributed by atoms with Gasteiger partial charge in [-0.2, -0.15) is 0 Å². The van der Waals surface area contributed by atoms with Crippen LogP contribution in [0.3, 0.4) is 0 Å². The van der Waals surface area contributed by atoms with Crippen molar-refractivity contribution >= 4 is 61.8 Å². The van der Waals surface area contributed by atoms with E-state index in [2.05, 4.69) is 15.6 Å². The number of halogens is 2. The van der Waals surface area contributed by atoms with Crippen molar-refractivity contribution in [1.29, 1.82) is 5.41 Å². The first-order chi connectivity index (χ1) is 9.45. The van der Waals surface area contributed by atoms with Crippen LogP contribution in [0.15, 0.2) is 24.3 Å². The van der Waals surface area contributed by atoms with E-state index in [1.165, 1.54) is 11.3 Å². The van der Waals surface area contributed by atoms with Crippen LogP contribution in [0.1, 0.15) is 6.42 Å². The molecule has 20 heavy (non-hydrogen) atoms. The van der Waals surface area contributed by atoms with Crippen LogP contribution in [0.4, 0.5) is 5.13 Å². The van der Waals surface area contributed by atoms with Crippen molar-refractivity contribution < 1.29 is 4.79 Å². The Balaban J connectivity index is 1.63. The second-order valence-corrected chi connectivity index (χ2v) is 7.07. The van der Waals surface area contributed by atoms with Crippen molar-refractivity contribution in [2.75, 3.05) is 5.32 Å². The van der Waals surface area contributed by atoms with E-state index in [-0.39, 0.29) is 11.9 Å². The lowest BCUT2D eigenvalue weighted by Crippen LogP contribution is -2.36. The van der Waals surface area contributed by atoms with Crippen LogP contribution in [0.5, 0.6) is 0 Å². The molecule has 1 amide bonds. The minimum atomic E-state index is -0.986. The molecule has 0 aliphatic heterocycles. The van der Waals surface area contributed by atoms with Crippen LogP contribution in [0.25, 0.3) is 10.2 Å². The number of alkyl halides is 2. The number of thiazole rings is 1. The summed E-state index contributed by atoms with van der Waals surface area (Å²) < 4.78 is 0.0251. The van der Waals surface area contributed by atoms with Gasteiger partial charge in [-0.05, 0) is 18.6 Å². The van der Waals surface area contributed by atoms with Crippen molar-refractivity contribution in [3.8, 4) is 0 Å². The molecule has 1 unspecified atom stereocenters. The van der Waals surface area contributed by atoms with Gasteiger partial charge < -0.3 is 5.32 Å². The summed E-state index contributed by atoms with van der Waals surface area (Å²) in [7, 11) is 0. The number of aromatic nitrogens is 1. The zero-order valence-electron chi connectivity index (χ0n) is 10.1. The number of fused-ring (bicyclic) bond motifs is 1. The molecule has 1 atom stereocenters. The molecule has 1 fully saturated rings. The summed E-state index contributed by atoms with van der Waals surface area (Å²) in [5.74, 6) is -0.943. The highest BCUT2D eigenvalue weighted by molar-refractivity contribution is 7.22. The molecule has 1 aliphatic rings. The SMILES string of the molecule is N=C(NC(=O)C1CC1(Cl)Cl)Nc1nc2ccccc2s1. The molecule has 1 aromatic carbocycles. The molecule has 0 bridgehead atoms. The lowest BCUT2D eigenvalue weighted by Gasteiger charge is -2.06. The maximum atomic E-state index is 11.7. The first-order valence-electron chi connectivity index (χ1n) is 5.85. The minimum Gasteiger partial charge on any atom is -0.302 e. The number of hydrogen-bond donors (Lipinski definition) is 3. The van der Waals surface area contributed by atoms with Crippen molar-refractivity contribution in [2.45, 2.75) is 10.8 Å². The molecule has 0 radical (unpaired) electrons. The average molecular weight is 329 g/mol. The van der Waals surface area contributed by atoms with Crippen LogP contribution >= 0.6 is 34.5 Å². The second kappa shape index (κ2) is 4.87. The molecule has 1 aliphatic carbocycles. The van der Waals surface area contributed by atoms with Gasteiger partial charge in [0.05, 0.1) is 16.1 Å². The Hall–Kier alpha value is -1.37. The van der Waals surface area contributed by atoms with Gasteiger partial charge in [-0.3, -0.25) is 15.5 Å². The van der Waals surface area contributed by atoms with Crippen LogP contribution < -0.4 is 10.6 Å². The van der Waals surface area contributed by atoms with Gasteiger partial charge in [-0.25, -0.2) is 4.98 Å². The minimum absolute atomic E-state index is 0.134. The molecule has 0 spiro atoms. The molecule has 0 saturated heterocycles. The predicted octanol–water partition coefficient (Wildman–Crippen LogP) is 2.95. The van der Waals surface area contributed by atoms with Gasteiger partial charge in [0, 0.05) is 0 Å². The van der Waals surface area contributed by atoms with Gasteiger partial charge in [-0.15, -0.1) is 23.2 Å². The topological polar surface area (TPSA) is 77.9 Å². The average Bonchev–Trinajstić information content (AvgIpc) is 2.82. The maximum absolute atomic E-state index is 11.7. The molecule has 2 aromatic rings. The third kappa shape index (κ3) is 2.72. The van der Waals surface area contributed by atoms with E-state index in [0.717, 1.165) is 10.2 Å². The lowest BCUT2D eigenvalue weighted by atomic mass is 10.3. The van der Waals surface area contributed by atoms with E-state index in [1.807, 2.05) is 24.3 Å². The number of rotatable bonds is 2. The van der Waals surface area contributed by atoms with Crippen LogP contribution in [-0.4, -0.2) is 21.2 Å². The number of para-hydroxylation sites is 1. The zero-order chi connectivity index (χ0) is 14.3. The van der Waals surface area contributed by atoms with Crippen molar-refractivity contribution in [3.63, 3.8) is 0 Å². The fourth-order valence-electron chi connectivity index (χ4n) is 1.77. The van der Waals surface area contributed by atoms with Gasteiger partial charge in [-0.1, -0.05) is 23.5 Å². The highest BCUT2D eigenvalue weighted by Gasteiger charge is 2.56. The zero-order valence-corrected chi connectivity index (χ0v) is 12.4. The highest BCUT2D eigenvalue weighted by atomic mass is 35.5. The number of carbonyl (C=O) groups excluding carboxylic acids is 1. The molecule has 104 valence electrons. The number of carbonyl (C=O) groups is 1. The molecular weight excluding hydrogens is 319 g/mol. The Kier molecular flexibility index (Phi) is 3.32. The van der Waals surface area contributed by atoms with Crippen LogP contribution in [0.2, 0.25) is 0 Å². The molecule has 3 N–H and O–H groups in total. The fourth-order valence-corrected chi connectivity index (χ4v) is 3.15. The molecular formula is C12H10Cl2N4OS. The summed E-state index contributed by atoms with van der Waals surface area (Å²) in [5, 5.41) is 13.4. The van der Waals surface area contributed by atoms with E-state index >= 15 is 0 Å². The van der Waals surface area contributed by atoms with Gasteiger partial charge in [0.1, 0.15) is 4.33 Å². The number of anilines is 1. The highest BCUT2D eigenvalue weighted by Crippen LogP contribution is 2.53. The molecule has 1 heterocycles. The van der Waals surface area contributed by atoms with E-state index < -0.39 is 10.3 Å². The van der Waals surface area contributed by atoms with Crippen LogP contribution in [-0.2, 0) is 4.79 Å². The Bertz CT molecular complexity index is 667. The smallest absolute Gasteiger partial charge is 0.232 e. The summed E-state index contributed by atoms with van der Waals surface area (Å²) in [4.78, 5) is 16.0. The number of guanidine groups is 1. The summed E-state index contributed by atoms with van der Waals surface area (Å²) in [5.41, 5.74) is 0.849. The Labute approximate surface area is 128 Å². The van der Waals surface area contributed by atoms with E-state index in [0.29, 0.717) is 11.6 Å². The monoisotopic (exact) mass is 328 g/mol. The number of hydrogen-bond acceptors (Lipinski definition) is 4. The van der Waals surface area contributed by atoms with Crippen molar-refractivity contribution in [2.24, 2.45) is 5.92 Å². The van der Waals surface area contributed by atoms with Crippen molar-refractivity contribution in [3.05, 3.63) is 24.3 Å². The summed E-state index contributed by atoms with van der Waals surface area (Å²) in [6.07, 6.45) is 0.413. The third-order valence-corrected chi connectivity index (χ3v) is 4.70. The number of nitrogens with zero attached hydrogens (tertiary/aromatic N) is 1. The van der Waals surface area contributed by atoms with Gasteiger partial charge in [0.2, 0.25) is 11.9 Å². The second-order valence-electron chi connectivity index (χ2n) is 4.49. The molecule has 3 rings (SSSR count). The largest absolute Gasteiger partial charge is 0.302 e. The Morgan fingerprint density at radius 1 is 1.45 bits per heavy atom. The molecule has 1 aromatic heterocycles. The molecule has 5 nitrogen and oxygen atoms in total. The van der Waals surface area contributed by atoms with E-state index in [4.69, 9.17) is 28.6 Å². The maximum Gasteiger partial charge on any atom is 0.232 e. The first kappa shape index (κ1) is 13.6. The first-order valence-corrected chi connectivity index (χ1v) is 7.43. The van der Waals surface area contributed by atoms with Crippen LogP contribution in [0, 0.1) is 11.3 Å². The van der Waals surface area contributed by atoms with E-state index in [9.17, 15) is 4.79 Å². The molecule has 8 heteroatoms.